The van der Waals surface area contributed by atoms with E-state index in [9.17, 15) is 9.59 Å². The number of aromatic nitrogens is 1. The van der Waals surface area contributed by atoms with E-state index < -0.39 is 5.76 Å². The SMILES string of the molecule is O=C(Cn1c(=O)oc2ccccc21)c1cc(Cl)ccc1Cl. The summed E-state index contributed by atoms with van der Waals surface area (Å²) in [6, 6.07) is 11.5. The molecule has 0 aliphatic heterocycles. The molecule has 106 valence electrons. The Morgan fingerprint density at radius 3 is 2.71 bits per heavy atom. The van der Waals surface area contributed by atoms with Crippen molar-refractivity contribution in [3.8, 4) is 0 Å². The van der Waals surface area contributed by atoms with Gasteiger partial charge in [0.2, 0.25) is 0 Å². The highest BCUT2D eigenvalue weighted by Crippen LogP contribution is 2.22. The molecule has 0 N–H and O–H groups in total. The molecule has 3 aromatic rings. The second kappa shape index (κ2) is 5.39. The van der Waals surface area contributed by atoms with Crippen molar-refractivity contribution in [3.05, 3.63) is 68.6 Å². The fourth-order valence-electron chi connectivity index (χ4n) is 2.10. The highest BCUT2D eigenvalue weighted by atomic mass is 35.5. The molecule has 0 unspecified atom stereocenters. The number of carbonyl (C=O) groups excluding carboxylic acids is 1. The van der Waals surface area contributed by atoms with Crippen LogP contribution in [0.15, 0.2) is 51.7 Å². The third-order valence-corrected chi connectivity index (χ3v) is 3.67. The van der Waals surface area contributed by atoms with Gasteiger partial charge in [-0.05, 0) is 30.3 Å². The van der Waals surface area contributed by atoms with Crippen LogP contribution in [0.2, 0.25) is 10.0 Å². The van der Waals surface area contributed by atoms with Crippen molar-refractivity contribution in [2.45, 2.75) is 6.54 Å². The van der Waals surface area contributed by atoms with E-state index in [-0.39, 0.29) is 17.9 Å². The molecule has 0 bridgehead atoms. The van der Waals surface area contributed by atoms with Gasteiger partial charge in [0.15, 0.2) is 11.4 Å². The average Bonchev–Trinajstić information content (AvgIpc) is 2.78. The Hall–Kier alpha value is -2.04. The number of halogens is 2. The van der Waals surface area contributed by atoms with Crippen molar-refractivity contribution in [2.75, 3.05) is 0 Å². The average molecular weight is 322 g/mol. The van der Waals surface area contributed by atoms with Crippen LogP contribution >= 0.6 is 23.2 Å². The lowest BCUT2D eigenvalue weighted by Gasteiger charge is -2.05. The molecule has 1 heterocycles. The third-order valence-electron chi connectivity index (χ3n) is 3.10. The van der Waals surface area contributed by atoms with Gasteiger partial charge in [0.05, 0.1) is 17.1 Å². The fraction of sp³-hybridized carbons (Fsp3) is 0.0667. The minimum atomic E-state index is -0.581. The molecule has 2 aromatic carbocycles. The highest BCUT2D eigenvalue weighted by Gasteiger charge is 2.16. The summed E-state index contributed by atoms with van der Waals surface area (Å²) in [5.41, 5.74) is 1.28. The van der Waals surface area contributed by atoms with Crippen molar-refractivity contribution < 1.29 is 9.21 Å². The van der Waals surface area contributed by atoms with E-state index in [1.807, 2.05) is 0 Å². The molecule has 0 amide bonds. The van der Waals surface area contributed by atoms with Crippen LogP contribution in [0.1, 0.15) is 10.4 Å². The highest BCUT2D eigenvalue weighted by molar-refractivity contribution is 6.35. The number of benzene rings is 2. The minimum absolute atomic E-state index is 0.157. The quantitative estimate of drug-likeness (QED) is 0.690. The first kappa shape index (κ1) is 13.9. The van der Waals surface area contributed by atoms with Crippen LogP contribution in [0, 0.1) is 0 Å². The smallest absolute Gasteiger partial charge is 0.408 e. The maximum absolute atomic E-state index is 12.3. The molecule has 21 heavy (non-hydrogen) atoms. The lowest BCUT2D eigenvalue weighted by molar-refractivity contribution is 0.0971. The Kier molecular flexibility index (Phi) is 3.57. The number of para-hydroxylation sites is 2. The molecule has 0 radical (unpaired) electrons. The summed E-state index contributed by atoms with van der Waals surface area (Å²) >= 11 is 11.9. The molecule has 6 heteroatoms. The number of Topliss-reactive ketones (excluding diaryl/α,β-unsaturated/α-hetero) is 1. The van der Waals surface area contributed by atoms with E-state index in [1.165, 1.54) is 10.6 Å². The minimum Gasteiger partial charge on any atom is -0.408 e. The lowest BCUT2D eigenvalue weighted by atomic mass is 10.1. The molecule has 0 atom stereocenters. The summed E-state index contributed by atoms with van der Waals surface area (Å²) in [7, 11) is 0. The number of ketones is 1. The topological polar surface area (TPSA) is 52.2 Å². The summed E-state index contributed by atoms with van der Waals surface area (Å²) in [5, 5.41) is 0.706. The van der Waals surface area contributed by atoms with Crippen LogP contribution in [0.25, 0.3) is 11.1 Å². The van der Waals surface area contributed by atoms with E-state index in [0.717, 1.165) is 0 Å². The number of oxazole rings is 1. The number of hydrogen-bond acceptors (Lipinski definition) is 3. The second-order valence-electron chi connectivity index (χ2n) is 4.47. The second-order valence-corrected chi connectivity index (χ2v) is 5.31. The molecule has 0 aliphatic rings. The summed E-state index contributed by atoms with van der Waals surface area (Å²) in [6.07, 6.45) is 0. The maximum Gasteiger partial charge on any atom is 0.420 e. The van der Waals surface area contributed by atoms with Gasteiger partial charge in [0.25, 0.3) is 0 Å². The first-order chi connectivity index (χ1) is 10.1. The largest absolute Gasteiger partial charge is 0.420 e. The number of carbonyl (C=O) groups is 1. The Balaban J connectivity index is 2.02. The van der Waals surface area contributed by atoms with Crippen LogP contribution in [-0.2, 0) is 6.54 Å². The molecule has 0 saturated carbocycles. The van der Waals surface area contributed by atoms with Gasteiger partial charge in [-0.2, -0.15) is 0 Å². The van der Waals surface area contributed by atoms with Gasteiger partial charge in [0.1, 0.15) is 0 Å². The third kappa shape index (κ3) is 2.60. The van der Waals surface area contributed by atoms with Crippen molar-refractivity contribution in [2.24, 2.45) is 0 Å². The molecular weight excluding hydrogens is 313 g/mol. The zero-order valence-electron chi connectivity index (χ0n) is 10.7. The Labute approximate surface area is 129 Å². The van der Waals surface area contributed by atoms with Crippen LogP contribution in [0.3, 0.4) is 0 Å². The van der Waals surface area contributed by atoms with Gasteiger partial charge >= 0.3 is 5.76 Å². The lowest BCUT2D eigenvalue weighted by Crippen LogP contribution is -2.20. The van der Waals surface area contributed by atoms with E-state index in [4.69, 9.17) is 27.6 Å². The summed E-state index contributed by atoms with van der Waals surface area (Å²) in [5.74, 6) is -0.890. The zero-order chi connectivity index (χ0) is 15.0. The number of rotatable bonds is 3. The van der Waals surface area contributed by atoms with Crippen LogP contribution in [-0.4, -0.2) is 10.4 Å². The molecule has 1 aromatic heterocycles. The normalized spacial score (nSPS) is 11.0. The summed E-state index contributed by atoms with van der Waals surface area (Å²) in [6.45, 7) is -0.157. The van der Waals surface area contributed by atoms with Crippen molar-refractivity contribution in [1.82, 2.24) is 4.57 Å². The first-order valence-electron chi connectivity index (χ1n) is 6.13. The Morgan fingerprint density at radius 1 is 1.14 bits per heavy atom. The summed E-state index contributed by atoms with van der Waals surface area (Å²) in [4.78, 5) is 24.2. The first-order valence-corrected chi connectivity index (χ1v) is 6.88. The predicted molar refractivity (Wildman–Crippen MR) is 81.3 cm³/mol. The predicted octanol–water partition coefficient (Wildman–Crippen LogP) is 3.78. The van der Waals surface area contributed by atoms with E-state index >= 15 is 0 Å². The standard InChI is InChI=1S/C15H9Cl2NO3/c16-9-5-6-11(17)10(7-9)13(19)8-18-12-3-1-2-4-14(12)21-15(18)20/h1-7H,8H2. The number of nitrogens with zero attached hydrogens (tertiary/aromatic N) is 1. The van der Waals surface area contributed by atoms with Gasteiger partial charge in [-0.3, -0.25) is 9.36 Å². The van der Waals surface area contributed by atoms with E-state index in [1.54, 1.807) is 36.4 Å². The molecule has 0 saturated heterocycles. The van der Waals surface area contributed by atoms with Crippen LogP contribution in [0.5, 0.6) is 0 Å². The van der Waals surface area contributed by atoms with Gasteiger partial charge < -0.3 is 4.42 Å². The number of hydrogen-bond donors (Lipinski definition) is 0. The zero-order valence-corrected chi connectivity index (χ0v) is 12.2. The monoisotopic (exact) mass is 321 g/mol. The van der Waals surface area contributed by atoms with Gasteiger partial charge in [-0.1, -0.05) is 35.3 Å². The molecule has 0 spiro atoms. The molecule has 0 aliphatic carbocycles. The van der Waals surface area contributed by atoms with Gasteiger partial charge in [0, 0.05) is 10.6 Å². The molecule has 0 fully saturated rings. The molecule has 3 rings (SSSR count). The van der Waals surface area contributed by atoms with Crippen molar-refractivity contribution in [1.29, 1.82) is 0 Å². The van der Waals surface area contributed by atoms with Gasteiger partial charge in [-0.25, -0.2) is 4.79 Å². The van der Waals surface area contributed by atoms with Crippen LogP contribution < -0.4 is 5.76 Å². The maximum atomic E-state index is 12.3. The molecule has 4 nitrogen and oxygen atoms in total. The molecular formula is C15H9Cl2NO3. The van der Waals surface area contributed by atoms with Crippen LogP contribution in [0.4, 0.5) is 0 Å². The Bertz CT molecular complexity index is 895. The summed E-state index contributed by atoms with van der Waals surface area (Å²) < 4.78 is 6.36. The fourth-order valence-corrected chi connectivity index (χ4v) is 2.50. The van der Waals surface area contributed by atoms with E-state index in [2.05, 4.69) is 0 Å². The number of fused-ring (bicyclic) bond motifs is 1. The van der Waals surface area contributed by atoms with Gasteiger partial charge in [-0.15, -0.1) is 0 Å². The van der Waals surface area contributed by atoms with E-state index in [0.29, 0.717) is 21.1 Å². The van der Waals surface area contributed by atoms with Crippen molar-refractivity contribution >= 4 is 40.1 Å². The Morgan fingerprint density at radius 2 is 1.90 bits per heavy atom. The van der Waals surface area contributed by atoms with Crippen molar-refractivity contribution in [3.63, 3.8) is 0 Å².